The van der Waals surface area contributed by atoms with E-state index < -0.39 is 5.25 Å². The molecule has 3 N–H and O–H groups in total. The molecule has 190 valence electrons. The van der Waals surface area contributed by atoms with E-state index in [2.05, 4.69) is 44.2 Å². The second kappa shape index (κ2) is 11.6. The third-order valence-electron chi connectivity index (χ3n) is 5.87. The van der Waals surface area contributed by atoms with Crippen LogP contribution in [-0.4, -0.2) is 37.2 Å². The van der Waals surface area contributed by atoms with Crippen molar-refractivity contribution in [2.45, 2.75) is 23.9 Å². The molecule has 1 heterocycles. The van der Waals surface area contributed by atoms with Crippen molar-refractivity contribution in [1.29, 1.82) is 0 Å². The molecular weight excluding hydrogens is 496 g/mol. The normalized spacial score (nSPS) is 12.0. The number of amides is 1. The highest BCUT2D eigenvalue weighted by atomic mass is 32.2. The summed E-state index contributed by atoms with van der Waals surface area (Å²) < 4.78 is 1.96. The summed E-state index contributed by atoms with van der Waals surface area (Å²) in [7, 11) is 0. The fourth-order valence-corrected chi connectivity index (χ4v) is 4.79. The van der Waals surface area contributed by atoms with Gasteiger partial charge in [0.05, 0.1) is 18.0 Å². The molecule has 8 nitrogen and oxygen atoms in total. The third kappa shape index (κ3) is 5.84. The number of phenolic OH excluding ortho intramolecular Hbond substituents is 1. The molecule has 0 aliphatic carbocycles. The number of benzene rings is 4. The summed E-state index contributed by atoms with van der Waals surface area (Å²) in [5.74, 6) is 0.637. The molecule has 0 bridgehead atoms. The summed E-state index contributed by atoms with van der Waals surface area (Å²) in [6.45, 7) is 2.25. The maximum absolute atomic E-state index is 12.7. The Balaban J connectivity index is 1.32. The fraction of sp³-hybridized carbons (Fsp3) is 0.103. The Bertz CT molecular complexity index is 1560. The number of para-hydroxylation sites is 1. The van der Waals surface area contributed by atoms with Gasteiger partial charge >= 0.3 is 0 Å². The fourth-order valence-electron chi connectivity index (χ4n) is 3.91. The van der Waals surface area contributed by atoms with Gasteiger partial charge in [0, 0.05) is 16.8 Å². The summed E-state index contributed by atoms with van der Waals surface area (Å²) in [4.78, 5) is 12.7. The number of aromatic nitrogens is 3. The summed E-state index contributed by atoms with van der Waals surface area (Å²) >= 11 is 1.31. The van der Waals surface area contributed by atoms with Crippen molar-refractivity contribution in [3.63, 3.8) is 0 Å². The van der Waals surface area contributed by atoms with Crippen molar-refractivity contribution in [2.75, 3.05) is 5.32 Å². The summed E-state index contributed by atoms with van der Waals surface area (Å²) in [6.07, 6.45) is 1.53. The molecule has 1 amide bonds. The lowest BCUT2D eigenvalue weighted by Gasteiger charge is -2.14. The number of hydrogen-bond donors (Lipinski definition) is 3. The van der Waals surface area contributed by atoms with E-state index in [-0.39, 0.29) is 11.7 Å². The molecule has 0 spiro atoms. The number of carbonyl (C=O) groups excluding carboxylic acids is 1. The van der Waals surface area contributed by atoms with Gasteiger partial charge in [-0.15, -0.1) is 10.2 Å². The second-order valence-electron chi connectivity index (χ2n) is 8.54. The van der Waals surface area contributed by atoms with Gasteiger partial charge in [0.25, 0.3) is 5.91 Å². The highest BCUT2D eigenvalue weighted by molar-refractivity contribution is 8.00. The molecule has 38 heavy (non-hydrogen) atoms. The van der Waals surface area contributed by atoms with Crippen LogP contribution in [0.25, 0.3) is 16.5 Å². The van der Waals surface area contributed by atoms with Crippen LogP contribution in [-0.2, 0) is 11.3 Å². The number of nitrogens with zero attached hydrogens (tertiary/aromatic N) is 4. The van der Waals surface area contributed by atoms with Crippen molar-refractivity contribution < 1.29 is 9.90 Å². The van der Waals surface area contributed by atoms with Gasteiger partial charge in [0.2, 0.25) is 0 Å². The number of rotatable bonds is 9. The Morgan fingerprint density at radius 1 is 0.974 bits per heavy atom. The van der Waals surface area contributed by atoms with Crippen LogP contribution >= 0.6 is 11.8 Å². The van der Waals surface area contributed by atoms with Gasteiger partial charge in [-0.05, 0) is 60.3 Å². The molecule has 0 saturated heterocycles. The third-order valence-corrected chi connectivity index (χ3v) is 6.92. The Morgan fingerprint density at radius 3 is 2.53 bits per heavy atom. The molecule has 0 saturated carbocycles. The molecule has 1 atom stereocenters. The first kappa shape index (κ1) is 25.0. The van der Waals surface area contributed by atoms with Crippen molar-refractivity contribution in [2.24, 2.45) is 5.10 Å². The highest BCUT2D eigenvalue weighted by Gasteiger charge is 2.21. The molecule has 0 fully saturated rings. The van der Waals surface area contributed by atoms with Crippen LogP contribution in [0, 0.1) is 0 Å². The maximum Gasteiger partial charge on any atom is 0.253 e. The number of fused-ring (bicyclic) bond motifs is 1. The van der Waals surface area contributed by atoms with E-state index in [1.165, 1.54) is 18.0 Å². The van der Waals surface area contributed by atoms with E-state index in [9.17, 15) is 9.90 Å². The zero-order valence-corrected chi connectivity index (χ0v) is 21.5. The zero-order chi connectivity index (χ0) is 26.3. The molecule has 0 aliphatic heterocycles. The number of nitrogens with one attached hydrogen (secondary N) is 2. The summed E-state index contributed by atoms with van der Waals surface area (Å²) in [6, 6.07) is 30.8. The molecule has 9 heteroatoms. The SMILES string of the molecule is C[C@H](Sc1nnc(CNc2cccc3ccccc23)n1-c1ccccc1)C(=O)N/N=C\c1ccc(O)cc1. The van der Waals surface area contributed by atoms with Crippen molar-refractivity contribution in [1.82, 2.24) is 20.2 Å². The number of thioether (sulfide) groups is 1. The van der Waals surface area contributed by atoms with Crippen LogP contribution in [0.4, 0.5) is 5.69 Å². The number of aromatic hydroxyl groups is 1. The summed E-state index contributed by atoms with van der Waals surface area (Å²) in [5.41, 5.74) is 5.26. The molecule has 4 aromatic carbocycles. The van der Waals surface area contributed by atoms with E-state index in [0.29, 0.717) is 11.7 Å². The van der Waals surface area contributed by atoms with Crippen LogP contribution in [0.3, 0.4) is 0 Å². The average Bonchev–Trinajstić information content (AvgIpc) is 3.35. The topological polar surface area (TPSA) is 104 Å². The van der Waals surface area contributed by atoms with E-state index >= 15 is 0 Å². The monoisotopic (exact) mass is 522 g/mol. The van der Waals surface area contributed by atoms with Gasteiger partial charge in [0.15, 0.2) is 11.0 Å². The lowest BCUT2D eigenvalue weighted by molar-refractivity contribution is -0.120. The van der Waals surface area contributed by atoms with Gasteiger partial charge in [-0.25, -0.2) is 5.43 Å². The Labute approximate surface area is 224 Å². The number of anilines is 1. The largest absolute Gasteiger partial charge is 0.508 e. The predicted octanol–water partition coefficient (Wildman–Crippen LogP) is 5.37. The van der Waals surface area contributed by atoms with Crippen LogP contribution in [0.1, 0.15) is 18.3 Å². The first-order chi connectivity index (χ1) is 18.6. The number of carbonyl (C=O) groups is 1. The van der Waals surface area contributed by atoms with Crippen LogP contribution in [0.5, 0.6) is 5.75 Å². The van der Waals surface area contributed by atoms with Crippen LogP contribution in [0.15, 0.2) is 107 Å². The number of hydrogen-bond acceptors (Lipinski definition) is 7. The molecule has 0 unspecified atom stereocenters. The molecule has 0 radical (unpaired) electrons. The number of hydrazone groups is 1. The minimum atomic E-state index is -0.475. The quantitative estimate of drug-likeness (QED) is 0.137. The van der Waals surface area contributed by atoms with Crippen molar-refractivity contribution in [3.8, 4) is 11.4 Å². The Kier molecular flexibility index (Phi) is 7.65. The highest BCUT2D eigenvalue weighted by Crippen LogP contribution is 2.27. The molecule has 1 aromatic heterocycles. The average molecular weight is 523 g/mol. The van der Waals surface area contributed by atoms with E-state index in [1.807, 2.05) is 59.2 Å². The molecular formula is C29H26N6O2S. The second-order valence-corrected chi connectivity index (χ2v) is 9.84. The van der Waals surface area contributed by atoms with Gasteiger partial charge in [0.1, 0.15) is 5.75 Å². The van der Waals surface area contributed by atoms with Gasteiger partial charge in [-0.2, -0.15) is 5.10 Å². The lowest BCUT2D eigenvalue weighted by Crippen LogP contribution is -2.27. The Morgan fingerprint density at radius 2 is 1.71 bits per heavy atom. The minimum Gasteiger partial charge on any atom is -0.508 e. The Hall–Kier alpha value is -4.63. The smallest absolute Gasteiger partial charge is 0.253 e. The number of phenols is 1. The van der Waals surface area contributed by atoms with Crippen molar-refractivity contribution >= 4 is 40.3 Å². The van der Waals surface area contributed by atoms with E-state index in [1.54, 1.807) is 31.2 Å². The standard InChI is InChI=1S/C29H26N6O2S/c1-20(28(37)33-31-18-21-14-16-24(36)17-15-21)38-29-34-32-27(35(29)23-10-3-2-4-11-23)19-30-26-13-7-9-22-8-5-6-12-25(22)26/h2-18,20,30,36H,19H2,1H3,(H,33,37)/b31-18-/t20-/m0/s1. The zero-order valence-electron chi connectivity index (χ0n) is 20.7. The van der Waals surface area contributed by atoms with E-state index in [4.69, 9.17) is 0 Å². The first-order valence-corrected chi connectivity index (χ1v) is 13.0. The minimum absolute atomic E-state index is 0.172. The van der Waals surface area contributed by atoms with Gasteiger partial charge in [-0.3, -0.25) is 9.36 Å². The van der Waals surface area contributed by atoms with Crippen molar-refractivity contribution in [3.05, 3.63) is 108 Å². The summed E-state index contributed by atoms with van der Waals surface area (Å²) in [5, 5.41) is 28.2. The lowest BCUT2D eigenvalue weighted by atomic mass is 10.1. The van der Waals surface area contributed by atoms with E-state index in [0.717, 1.165) is 33.5 Å². The molecule has 0 aliphatic rings. The van der Waals surface area contributed by atoms with Crippen LogP contribution < -0.4 is 10.7 Å². The predicted molar refractivity (Wildman–Crippen MR) is 152 cm³/mol. The first-order valence-electron chi connectivity index (χ1n) is 12.1. The van der Waals surface area contributed by atoms with Gasteiger partial charge in [-0.1, -0.05) is 66.4 Å². The van der Waals surface area contributed by atoms with Crippen LogP contribution in [0.2, 0.25) is 0 Å². The molecule has 5 rings (SSSR count). The maximum atomic E-state index is 12.7. The molecule has 5 aromatic rings. The van der Waals surface area contributed by atoms with Gasteiger partial charge < -0.3 is 10.4 Å².